The summed E-state index contributed by atoms with van der Waals surface area (Å²) in [6.45, 7) is 6.69. The highest BCUT2D eigenvalue weighted by atomic mass is 16.6. The number of carbonyl (C=O) groups excluding carboxylic acids is 3. The standard InChI is InChI=1S/C77H144O6/c1-4-7-10-13-16-19-22-25-27-29-31-33-34-35-36-37-38-39-40-41-42-43-45-46-48-50-52-55-58-61-64-67-70-76(79)82-73-74(72-81-75(78)69-66-63-60-57-54-24-21-18-15-12-9-6-3)83-77(80)71-68-65-62-59-56-53-51-49-47-44-32-30-28-26-23-20-17-14-11-8-5-2/h23,26,30,32,47,49,74H,4-22,24-25,27-29,31,33-46,48,50-73H2,1-3H3/b26-23-,32-30-,49-47-. The zero-order chi connectivity index (χ0) is 59.9. The van der Waals surface area contributed by atoms with Gasteiger partial charge in [-0.15, -0.1) is 0 Å². The molecule has 0 N–H and O–H groups in total. The number of hydrogen-bond acceptors (Lipinski definition) is 6. The topological polar surface area (TPSA) is 78.9 Å². The molecule has 6 heteroatoms. The predicted octanol–water partition coefficient (Wildman–Crippen LogP) is 25.9. The highest BCUT2D eigenvalue weighted by Gasteiger charge is 2.20. The van der Waals surface area contributed by atoms with Gasteiger partial charge >= 0.3 is 17.9 Å². The van der Waals surface area contributed by atoms with Gasteiger partial charge in [0.2, 0.25) is 0 Å². The minimum absolute atomic E-state index is 0.0719. The molecule has 0 aliphatic heterocycles. The molecule has 0 saturated carbocycles. The maximum absolute atomic E-state index is 12.9. The molecule has 0 aliphatic carbocycles. The Hall–Kier alpha value is -2.37. The number of rotatable bonds is 70. The van der Waals surface area contributed by atoms with Crippen LogP contribution in [0.4, 0.5) is 0 Å². The van der Waals surface area contributed by atoms with Gasteiger partial charge in [-0.05, 0) is 57.8 Å². The smallest absolute Gasteiger partial charge is 0.306 e. The van der Waals surface area contributed by atoms with Crippen molar-refractivity contribution in [3.63, 3.8) is 0 Å². The van der Waals surface area contributed by atoms with E-state index in [1.807, 2.05) is 0 Å². The van der Waals surface area contributed by atoms with Gasteiger partial charge in [0.1, 0.15) is 13.2 Å². The number of unbranched alkanes of at least 4 members (excludes halogenated alkanes) is 53. The second-order valence-corrected chi connectivity index (χ2v) is 25.6. The van der Waals surface area contributed by atoms with Crippen LogP contribution in [0.1, 0.15) is 419 Å². The highest BCUT2D eigenvalue weighted by molar-refractivity contribution is 5.71. The van der Waals surface area contributed by atoms with Crippen molar-refractivity contribution < 1.29 is 28.6 Å². The fraction of sp³-hybridized carbons (Fsp3) is 0.883. The molecule has 488 valence electrons. The summed E-state index contributed by atoms with van der Waals surface area (Å²) in [4.78, 5) is 38.4. The Morgan fingerprint density at radius 1 is 0.241 bits per heavy atom. The van der Waals surface area contributed by atoms with E-state index >= 15 is 0 Å². The molecule has 0 aromatic rings. The molecule has 0 rings (SSSR count). The molecule has 0 aromatic carbocycles. The summed E-state index contributed by atoms with van der Waals surface area (Å²) in [6, 6.07) is 0. The van der Waals surface area contributed by atoms with E-state index in [4.69, 9.17) is 14.2 Å². The van der Waals surface area contributed by atoms with E-state index in [1.165, 1.54) is 302 Å². The number of allylic oxidation sites excluding steroid dienone is 6. The summed E-state index contributed by atoms with van der Waals surface area (Å²) in [5.41, 5.74) is 0. The molecule has 0 heterocycles. The lowest BCUT2D eigenvalue weighted by Crippen LogP contribution is -2.30. The van der Waals surface area contributed by atoms with E-state index in [-0.39, 0.29) is 31.1 Å². The van der Waals surface area contributed by atoms with Crippen LogP contribution in [-0.4, -0.2) is 37.2 Å². The lowest BCUT2D eigenvalue weighted by Gasteiger charge is -2.18. The van der Waals surface area contributed by atoms with E-state index < -0.39 is 6.10 Å². The van der Waals surface area contributed by atoms with Crippen LogP contribution in [0.25, 0.3) is 0 Å². The molecule has 0 bridgehead atoms. The first-order chi connectivity index (χ1) is 41.0. The summed E-state index contributed by atoms with van der Waals surface area (Å²) >= 11 is 0. The molecule has 6 nitrogen and oxygen atoms in total. The zero-order valence-electron chi connectivity index (χ0n) is 56.2. The first kappa shape index (κ1) is 80.6. The van der Waals surface area contributed by atoms with Crippen molar-refractivity contribution in [1.29, 1.82) is 0 Å². The summed E-state index contributed by atoms with van der Waals surface area (Å²) in [5, 5.41) is 0. The van der Waals surface area contributed by atoms with Gasteiger partial charge in [-0.25, -0.2) is 0 Å². The van der Waals surface area contributed by atoms with Crippen molar-refractivity contribution in [2.75, 3.05) is 13.2 Å². The van der Waals surface area contributed by atoms with Gasteiger partial charge in [0.05, 0.1) is 0 Å². The minimum atomic E-state index is -0.777. The quantitative estimate of drug-likeness (QED) is 0.0261. The maximum atomic E-state index is 12.9. The largest absolute Gasteiger partial charge is 0.462 e. The third kappa shape index (κ3) is 70.3. The van der Waals surface area contributed by atoms with Crippen molar-refractivity contribution in [3.8, 4) is 0 Å². The Bertz CT molecular complexity index is 1380. The molecule has 0 amide bonds. The summed E-state index contributed by atoms with van der Waals surface area (Å²) < 4.78 is 17.0. The van der Waals surface area contributed by atoms with Gasteiger partial charge in [0.25, 0.3) is 0 Å². The van der Waals surface area contributed by atoms with E-state index in [2.05, 4.69) is 57.2 Å². The highest BCUT2D eigenvalue weighted by Crippen LogP contribution is 2.19. The molecule has 0 radical (unpaired) electrons. The Morgan fingerprint density at radius 3 is 0.675 bits per heavy atom. The maximum Gasteiger partial charge on any atom is 0.306 e. The van der Waals surface area contributed by atoms with E-state index in [1.54, 1.807) is 0 Å². The summed E-state index contributed by atoms with van der Waals surface area (Å²) in [7, 11) is 0. The summed E-state index contributed by atoms with van der Waals surface area (Å²) in [6.07, 6.45) is 90.6. The molecule has 0 aliphatic rings. The Morgan fingerprint density at radius 2 is 0.434 bits per heavy atom. The van der Waals surface area contributed by atoms with Crippen LogP contribution in [0.3, 0.4) is 0 Å². The van der Waals surface area contributed by atoms with E-state index in [0.717, 1.165) is 77.0 Å². The van der Waals surface area contributed by atoms with Crippen LogP contribution >= 0.6 is 0 Å². The van der Waals surface area contributed by atoms with Crippen LogP contribution in [0, 0.1) is 0 Å². The third-order valence-electron chi connectivity index (χ3n) is 17.1. The average molecular weight is 1170 g/mol. The first-order valence-corrected chi connectivity index (χ1v) is 37.5. The monoisotopic (exact) mass is 1170 g/mol. The van der Waals surface area contributed by atoms with Crippen molar-refractivity contribution >= 4 is 17.9 Å². The van der Waals surface area contributed by atoms with E-state index in [9.17, 15) is 14.4 Å². The van der Waals surface area contributed by atoms with Crippen LogP contribution in [0.2, 0.25) is 0 Å². The minimum Gasteiger partial charge on any atom is -0.462 e. The number of esters is 3. The van der Waals surface area contributed by atoms with Gasteiger partial charge in [0.15, 0.2) is 6.10 Å². The Labute approximate surface area is 518 Å². The van der Waals surface area contributed by atoms with Gasteiger partial charge in [-0.3, -0.25) is 14.4 Å². The van der Waals surface area contributed by atoms with Crippen molar-refractivity contribution in [1.82, 2.24) is 0 Å². The Kier molecular flexibility index (Phi) is 70.0. The molecule has 0 spiro atoms. The lowest BCUT2D eigenvalue weighted by atomic mass is 10.0. The predicted molar refractivity (Wildman–Crippen MR) is 362 cm³/mol. The normalized spacial score (nSPS) is 12.2. The second-order valence-electron chi connectivity index (χ2n) is 25.6. The van der Waals surface area contributed by atoms with E-state index in [0.29, 0.717) is 19.3 Å². The molecular weight excluding hydrogens is 1020 g/mol. The number of carbonyl (C=O) groups is 3. The molecular formula is C77H144O6. The lowest BCUT2D eigenvalue weighted by molar-refractivity contribution is -0.167. The van der Waals surface area contributed by atoms with Crippen LogP contribution in [-0.2, 0) is 28.6 Å². The molecule has 0 fully saturated rings. The zero-order valence-corrected chi connectivity index (χ0v) is 56.2. The van der Waals surface area contributed by atoms with Gasteiger partial charge < -0.3 is 14.2 Å². The van der Waals surface area contributed by atoms with Crippen molar-refractivity contribution in [2.45, 2.75) is 425 Å². The SMILES string of the molecule is CCCCCCC/C=C\C/C=C\C/C=C\CCCCCCCCC(=O)OC(COC(=O)CCCCCCCCCCCCCC)COC(=O)CCCCCCCCCCCCCCCCCCCCCCCCCCCCCCCCCC. The molecule has 0 aromatic heterocycles. The molecule has 1 atom stereocenters. The average Bonchev–Trinajstić information content (AvgIpc) is 3.49. The third-order valence-corrected chi connectivity index (χ3v) is 17.1. The van der Waals surface area contributed by atoms with Crippen LogP contribution in [0.15, 0.2) is 36.5 Å². The number of ether oxygens (including phenoxy) is 3. The van der Waals surface area contributed by atoms with Crippen molar-refractivity contribution in [3.05, 3.63) is 36.5 Å². The fourth-order valence-corrected chi connectivity index (χ4v) is 11.5. The van der Waals surface area contributed by atoms with Gasteiger partial charge in [-0.2, -0.15) is 0 Å². The number of hydrogen-bond donors (Lipinski definition) is 0. The fourth-order valence-electron chi connectivity index (χ4n) is 11.5. The molecule has 1 unspecified atom stereocenters. The van der Waals surface area contributed by atoms with Gasteiger partial charge in [-0.1, -0.05) is 378 Å². The molecule has 83 heavy (non-hydrogen) atoms. The van der Waals surface area contributed by atoms with Crippen LogP contribution < -0.4 is 0 Å². The van der Waals surface area contributed by atoms with Crippen molar-refractivity contribution in [2.24, 2.45) is 0 Å². The Balaban J connectivity index is 4.13. The van der Waals surface area contributed by atoms with Crippen LogP contribution in [0.5, 0.6) is 0 Å². The van der Waals surface area contributed by atoms with Gasteiger partial charge in [0, 0.05) is 19.3 Å². The molecule has 0 saturated heterocycles. The first-order valence-electron chi connectivity index (χ1n) is 37.5. The summed E-state index contributed by atoms with van der Waals surface area (Å²) in [5.74, 6) is -0.855. The second kappa shape index (κ2) is 72.1.